The van der Waals surface area contributed by atoms with E-state index in [1.165, 1.54) is 0 Å². The summed E-state index contributed by atoms with van der Waals surface area (Å²) in [6, 6.07) is 0. The molecule has 192 valence electrons. The molecule has 9 nitrogen and oxygen atoms in total. The van der Waals surface area contributed by atoms with Gasteiger partial charge in [-0.3, -0.25) is 0 Å². The van der Waals surface area contributed by atoms with Gasteiger partial charge in [-0.15, -0.1) is 0 Å². The van der Waals surface area contributed by atoms with E-state index < -0.39 is 12.2 Å². The van der Waals surface area contributed by atoms with Crippen LogP contribution in [0.3, 0.4) is 0 Å². The Balaban J connectivity index is -0.000000646. The van der Waals surface area contributed by atoms with Crippen LogP contribution in [-0.2, 0) is 23.7 Å². The molecule has 0 radical (unpaired) electrons. The molecule has 0 spiro atoms. The molecule has 0 aromatic heterocycles. The van der Waals surface area contributed by atoms with Gasteiger partial charge in [-0.2, -0.15) is 0 Å². The third kappa shape index (κ3) is 24.9. The maximum atomic E-state index is 9.47. The van der Waals surface area contributed by atoms with Crippen molar-refractivity contribution < 1.29 is 44.1 Å². The van der Waals surface area contributed by atoms with Gasteiger partial charge in [-0.05, 0) is 46.0 Å². The molecule has 10 heteroatoms. The van der Waals surface area contributed by atoms with E-state index in [0.717, 1.165) is 25.7 Å². The fourth-order valence-corrected chi connectivity index (χ4v) is 2.34. The summed E-state index contributed by atoms with van der Waals surface area (Å²) in [4.78, 5) is 0. The molecule has 4 N–H and O–H groups in total. The Labute approximate surface area is 188 Å². The number of hydrogen-bond acceptors (Lipinski definition) is 9. The molecular formula is C22H46O9Rf-2. The van der Waals surface area contributed by atoms with Gasteiger partial charge >= 0.3 is 0 Å². The van der Waals surface area contributed by atoms with E-state index in [-0.39, 0.29) is 51.3 Å². The SMILES string of the molecule is [CH2-]OCC(O)CCCOC(C)C(C)OCCCC(O)CC.[CH2-]OCC(O)COCCO.[Rf]. The molecule has 0 aromatic rings. The Morgan fingerprint density at radius 3 is 1.62 bits per heavy atom. The Bertz CT molecular complexity index is 353. The minimum absolute atomic E-state index is 0. The summed E-state index contributed by atoms with van der Waals surface area (Å²) in [5.41, 5.74) is 0. The number of aliphatic hydroxyl groups is 4. The number of aliphatic hydroxyl groups excluding tert-OH is 4. The third-order valence-corrected chi connectivity index (χ3v) is 4.42. The van der Waals surface area contributed by atoms with E-state index in [9.17, 15) is 10.2 Å². The van der Waals surface area contributed by atoms with Crippen molar-refractivity contribution in [1.29, 1.82) is 0 Å². The van der Waals surface area contributed by atoms with Gasteiger partial charge in [-0.25, -0.2) is 14.2 Å². The normalized spacial score (nSPS) is 15.7. The van der Waals surface area contributed by atoms with Crippen molar-refractivity contribution in [3.05, 3.63) is 14.2 Å². The van der Waals surface area contributed by atoms with Crippen LogP contribution in [0, 0.1) is 14.2 Å². The molecule has 5 unspecified atom stereocenters. The van der Waals surface area contributed by atoms with E-state index in [1.807, 2.05) is 20.8 Å². The first kappa shape index (κ1) is 35.2. The van der Waals surface area contributed by atoms with Crippen LogP contribution in [0.2, 0.25) is 0 Å². The quantitative estimate of drug-likeness (QED) is 0.109. The molecule has 0 aromatic carbocycles. The van der Waals surface area contributed by atoms with Crippen LogP contribution in [0.15, 0.2) is 0 Å². The van der Waals surface area contributed by atoms with Crippen molar-refractivity contribution in [2.24, 2.45) is 0 Å². The van der Waals surface area contributed by atoms with Gasteiger partial charge in [0.15, 0.2) is 0 Å². The van der Waals surface area contributed by atoms with Crippen molar-refractivity contribution in [3.63, 3.8) is 0 Å². The van der Waals surface area contributed by atoms with Crippen LogP contribution in [0.1, 0.15) is 52.9 Å². The van der Waals surface area contributed by atoms with Gasteiger partial charge in [-0.1, -0.05) is 6.92 Å². The largest absolute Gasteiger partial charge is 0.553 e. The van der Waals surface area contributed by atoms with Crippen molar-refractivity contribution in [2.75, 3.05) is 46.2 Å². The predicted molar refractivity (Wildman–Crippen MR) is 118 cm³/mol. The first-order valence-electron chi connectivity index (χ1n) is 11.0. The molecule has 32 heavy (non-hydrogen) atoms. The van der Waals surface area contributed by atoms with Crippen molar-refractivity contribution >= 4 is 0 Å². The average Bonchev–Trinajstić information content (AvgIpc) is 2.74. The molecule has 0 fully saturated rings. The molecule has 5 atom stereocenters. The van der Waals surface area contributed by atoms with Gasteiger partial charge in [0.1, 0.15) is 0 Å². The van der Waals surface area contributed by atoms with Crippen molar-refractivity contribution in [1.82, 2.24) is 0 Å². The van der Waals surface area contributed by atoms with E-state index in [1.54, 1.807) is 0 Å². The molecule has 0 saturated heterocycles. The number of ether oxygens (including phenoxy) is 5. The molecular weight excluding hydrogens is 675 g/mol. The smallest absolute Gasteiger partial charge is 0.0976 e. The second kappa shape index (κ2) is 25.9. The van der Waals surface area contributed by atoms with E-state index >= 15 is 0 Å². The zero-order valence-electron chi connectivity index (χ0n) is 20.3. The Morgan fingerprint density at radius 1 is 0.719 bits per heavy atom. The minimum Gasteiger partial charge on any atom is -0.553 e. The van der Waals surface area contributed by atoms with Gasteiger partial charge in [0.2, 0.25) is 0 Å². The summed E-state index contributed by atoms with van der Waals surface area (Å²) in [5.74, 6) is 0. The average molecular weight is 722 g/mol. The summed E-state index contributed by atoms with van der Waals surface area (Å²) in [6.45, 7) is 8.01. The van der Waals surface area contributed by atoms with Crippen LogP contribution >= 0.6 is 0 Å². The zero-order chi connectivity index (χ0) is 23.9. The van der Waals surface area contributed by atoms with Crippen LogP contribution in [0.5, 0.6) is 0 Å². The monoisotopic (exact) mass is 721 g/mol. The topological polar surface area (TPSA) is 127 Å². The fourth-order valence-electron chi connectivity index (χ4n) is 2.34. The molecule has 0 aliphatic heterocycles. The molecule has 0 saturated carbocycles. The summed E-state index contributed by atoms with van der Waals surface area (Å²) in [6.07, 6.45) is 2.57. The van der Waals surface area contributed by atoms with E-state index in [2.05, 4.69) is 23.7 Å². The Kier molecular flexibility index (Phi) is 28.5. The molecule has 0 bridgehead atoms. The second-order valence-corrected chi connectivity index (χ2v) is 7.35. The summed E-state index contributed by atoms with van der Waals surface area (Å²) < 4.78 is 25.2. The predicted octanol–water partition coefficient (Wildman–Crippen LogP) is 1.46. The first-order chi connectivity index (χ1) is 14.8. The molecule has 0 aliphatic carbocycles. The molecule has 0 rings (SSSR count). The van der Waals surface area contributed by atoms with Gasteiger partial charge < -0.3 is 44.1 Å². The number of rotatable bonds is 20. The minimum atomic E-state index is -0.649. The first-order valence-corrected chi connectivity index (χ1v) is 11.0. The van der Waals surface area contributed by atoms with Gasteiger partial charge in [0.05, 0.1) is 50.3 Å². The maximum absolute atomic E-state index is 9.47. The van der Waals surface area contributed by atoms with Gasteiger partial charge in [0.25, 0.3) is 0 Å². The molecule has 0 heterocycles. The van der Waals surface area contributed by atoms with E-state index in [4.69, 9.17) is 24.4 Å². The van der Waals surface area contributed by atoms with E-state index in [0.29, 0.717) is 19.6 Å². The van der Waals surface area contributed by atoms with Crippen LogP contribution in [-0.4, -0.2) is 97.2 Å². The van der Waals surface area contributed by atoms with Crippen molar-refractivity contribution in [3.8, 4) is 0 Å². The summed E-state index contributed by atoms with van der Waals surface area (Å²) in [7, 11) is 6.32. The van der Waals surface area contributed by atoms with Gasteiger partial charge in [0, 0.05) is 26.4 Å². The van der Waals surface area contributed by atoms with Crippen LogP contribution in [0.4, 0.5) is 0 Å². The van der Waals surface area contributed by atoms with Crippen LogP contribution in [0.25, 0.3) is 0 Å². The zero-order valence-corrected chi connectivity index (χ0v) is 26.7. The standard InChI is InChI=1S/C16H33O5.C6H13O4.Rf/c1-5-15(17)8-6-10-20-13(2)14(3)21-11-7-9-16(18)12-19-4;1-9-4-6(8)5-10-3-2-7;/h13-18H,4-12H2,1-3H3;6-8H,1-5H2;/q2*-1;. The Morgan fingerprint density at radius 2 is 1.19 bits per heavy atom. The van der Waals surface area contributed by atoms with Crippen LogP contribution < -0.4 is 0 Å². The Hall–Kier alpha value is -1.36. The molecule has 0 aliphatic rings. The maximum Gasteiger partial charge on any atom is 0.0976 e. The summed E-state index contributed by atoms with van der Waals surface area (Å²) in [5, 5.41) is 36.1. The summed E-state index contributed by atoms with van der Waals surface area (Å²) >= 11 is 0. The second-order valence-electron chi connectivity index (χ2n) is 7.35. The molecule has 0 amide bonds. The third-order valence-electron chi connectivity index (χ3n) is 4.42. The fraction of sp³-hybridized carbons (Fsp3) is 0.909. The number of hydrogen-bond donors (Lipinski definition) is 4. The van der Waals surface area contributed by atoms with Crippen molar-refractivity contribution in [2.45, 2.75) is 83.4 Å².